The molecule has 0 saturated heterocycles. The van der Waals surface area contributed by atoms with Gasteiger partial charge in [0.15, 0.2) is 17.3 Å². The molecule has 1 aliphatic heterocycles. The van der Waals surface area contributed by atoms with Crippen LogP contribution in [-0.2, 0) is 14.4 Å². The zero-order valence-corrected chi connectivity index (χ0v) is 20.5. The molecule has 0 radical (unpaired) electrons. The Hall–Kier alpha value is -2.96. The summed E-state index contributed by atoms with van der Waals surface area (Å²) in [5.74, 6) is -1.47. The highest BCUT2D eigenvalue weighted by atomic mass is 16.5. The van der Waals surface area contributed by atoms with Gasteiger partial charge in [-0.05, 0) is 48.3 Å². The minimum atomic E-state index is -1.33. The zero-order chi connectivity index (χ0) is 24.8. The molecule has 4 rings (SSSR count). The molecule has 0 spiro atoms. The topological polar surface area (TPSA) is 105 Å². The van der Waals surface area contributed by atoms with Gasteiger partial charge in [0.05, 0.1) is 18.5 Å². The molecule has 7 nitrogen and oxygen atoms in total. The fraction of sp³-hybridized carbons (Fsp3) is 0.556. The van der Waals surface area contributed by atoms with Crippen LogP contribution in [0.3, 0.4) is 0 Å². The van der Waals surface area contributed by atoms with E-state index in [0.717, 1.165) is 17.0 Å². The van der Waals surface area contributed by atoms with E-state index < -0.39 is 24.4 Å². The third-order valence-electron chi connectivity index (χ3n) is 6.81. The molecule has 3 aliphatic rings. The lowest BCUT2D eigenvalue weighted by atomic mass is 9.60. The van der Waals surface area contributed by atoms with Crippen LogP contribution in [0.5, 0.6) is 11.5 Å². The predicted octanol–water partition coefficient (Wildman–Crippen LogP) is 3.40. The van der Waals surface area contributed by atoms with E-state index in [0.29, 0.717) is 43.6 Å². The average Bonchev–Trinajstić information content (AvgIpc) is 2.69. The standard InChI is InChI=1S/C27H33NO6/c1-6-33-21-9-15(7-8-20(21)34-14-22(31)32)23-24-16(10-26(2,3)12-18(24)29)28-17-11-27(4,5)13-19(30)25(17)23/h7-9,23-24H,6,10-14H2,1-5H3,(H,31,32)/p-1. The number of Topliss-reactive ketones (excluding diaryl/α,β-unsaturated/α-hetero) is 2. The largest absolute Gasteiger partial charge is 0.546 e. The number of ether oxygens (including phenoxy) is 2. The van der Waals surface area contributed by atoms with Crippen molar-refractivity contribution in [2.75, 3.05) is 13.2 Å². The van der Waals surface area contributed by atoms with Gasteiger partial charge in [-0.25, -0.2) is 0 Å². The van der Waals surface area contributed by atoms with Gasteiger partial charge >= 0.3 is 0 Å². The van der Waals surface area contributed by atoms with E-state index in [9.17, 15) is 19.5 Å². The Kier molecular flexibility index (Phi) is 6.17. The molecule has 2 unspecified atom stereocenters. The third kappa shape index (κ3) is 4.65. The van der Waals surface area contributed by atoms with Crippen LogP contribution in [0.25, 0.3) is 0 Å². The van der Waals surface area contributed by atoms with Crippen molar-refractivity contribution in [2.24, 2.45) is 21.7 Å². The Morgan fingerprint density at radius 2 is 1.71 bits per heavy atom. The number of allylic oxidation sites excluding steroid dienone is 2. The van der Waals surface area contributed by atoms with Crippen LogP contribution < -0.4 is 14.6 Å². The van der Waals surface area contributed by atoms with Crippen LogP contribution in [0.2, 0.25) is 0 Å². The molecular formula is C27H32NO6-. The van der Waals surface area contributed by atoms with Gasteiger partial charge in [-0.2, -0.15) is 0 Å². The lowest BCUT2D eigenvalue weighted by molar-refractivity contribution is -0.307. The van der Waals surface area contributed by atoms with E-state index in [2.05, 4.69) is 27.7 Å². The molecule has 1 fully saturated rings. The summed E-state index contributed by atoms with van der Waals surface area (Å²) in [4.78, 5) is 42.7. The minimum absolute atomic E-state index is 0.0342. The van der Waals surface area contributed by atoms with E-state index >= 15 is 0 Å². The van der Waals surface area contributed by atoms with Crippen molar-refractivity contribution in [3.05, 3.63) is 35.0 Å². The average molecular weight is 467 g/mol. The highest BCUT2D eigenvalue weighted by molar-refractivity contribution is 6.13. The summed E-state index contributed by atoms with van der Waals surface area (Å²) in [7, 11) is 0. The van der Waals surface area contributed by atoms with E-state index in [1.807, 2.05) is 6.92 Å². The van der Waals surface area contributed by atoms with E-state index in [-0.39, 0.29) is 28.1 Å². The van der Waals surface area contributed by atoms with E-state index in [1.54, 1.807) is 18.2 Å². The van der Waals surface area contributed by atoms with Crippen LogP contribution in [0.4, 0.5) is 0 Å². The molecule has 0 amide bonds. The first-order valence-corrected chi connectivity index (χ1v) is 11.9. The lowest BCUT2D eigenvalue weighted by Crippen LogP contribution is -2.45. The summed E-state index contributed by atoms with van der Waals surface area (Å²) in [5, 5.41) is 10.9. The predicted molar refractivity (Wildman–Crippen MR) is 125 cm³/mol. The van der Waals surface area contributed by atoms with Crippen LogP contribution in [0.1, 0.15) is 71.8 Å². The quantitative estimate of drug-likeness (QED) is 0.636. The summed E-state index contributed by atoms with van der Waals surface area (Å²) < 4.78 is 11.1. The molecule has 34 heavy (non-hydrogen) atoms. The van der Waals surface area contributed by atoms with Gasteiger partial charge in [0.25, 0.3) is 0 Å². The molecule has 0 bridgehead atoms. The zero-order valence-electron chi connectivity index (χ0n) is 20.5. The number of hydrogen-bond acceptors (Lipinski definition) is 7. The number of nitrogens with zero attached hydrogens (tertiary/aromatic N) is 1. The molecule has 2 aliphatic carbocycles. The number of ketones is 2. The number of aliphatic imine (C=N–C) groups is 1. The molecular weight excluding hydrogens is 434 g/mol. The smallest absolute Gasteiger partial charge is 0.161 e. The van der Waals surface area contributed by atoms with E-state index in [1.165, 1.54) is 0 Å². The van der Waals surface area contributed by atoms with Gasteiger partial charge in [0, 0.05) is 35.7 Å². The molecule has 7 heteroatoms. The first-order valence-electron chi connectivity index (χ1n) is 11.9. The van der Waals surface area contributed by atoms with Gasteiger partial charge < -0.3 is 19.4 Å². The summed E-state index contributed by atoms with van der Waals surface area (Å²) in [6.45, 7) is 9.87. The Morgan fingerprint density at radius 3 is 2.38 bits per heavy atom. The summed E-state index contributed by atoms with van der Waals surface area (Å²) in [6, 6.07) is 5.21. The van der Waals surface area contributed by atoms with Crippen molar-refractivity contribution in [1.82, 2.24) is 0 Å². The number of carboxylic acid groups (broad SMARTS) is 1. The first-order chi connectivity index (χ1) is 15.9. The molecule has 0 N–H and O–H groups in total. The van der Waals surface area contributed by atoms with Crippen molar-refractivity contribution in [3.63, 3.8) is 0 Å². The number of hydrogen-bond donors (Lipinski definition) is 0. The van der Waals surface area contributed by atoms with Gasteiger partial charge in [-0.15, -0.1) is 0 Å². The molecule has 1 heterocycles. The number of aliphatic carboxylic acids is 1. The number of carbonyl (C=O) groups is 3. The Bertz CT molecular complexity index is 1110. The second-order valence-corrected chi connectivity index (χ2v) is 11.1. The summed E-state index contributed by atoms with van der Waals surface area (Å²) in [6.07, 6.45) is 2.22. The van der Waals surface area contributed by atoms with Crippen LogP contribution >= 0.6 is 0 Å². The lowest BCUT2D eigenvalue weighted by Gasteiger charge is -2.44. The SMILES string of the molecule is CCOc1cc(C2C3=C(CC(C)(C)CC3=O)N=C3CC(C)(C)CC(=O)C32)ccc1OCC(=O)[O-]. The second kappa shape index (κ2) is 8.67. The van der Waals surface area contributed by atoms with Crippen molar-refractivity contribution in [2.45, 2.75) is 66.2 Å². The van der Waals surface area contributed by atoms with Crippen LogP contribution in [-0.4, -0.2) is 36.5 Å². The number of fused-ring (bicyclic) bond motifs is 1. The molecule has 1 aromatic carbocycles. The third-order valence-corrected chi connectivity index (χ3v) is 6.81. The molecule has 1 aromatic rings. The first kappa shape index (κ1) is 24.2. The van der Waals surface area contributed by atoms with Gasteiger partial charge in [0.2, 0.25) is 0 Å². The number of carbonyl (C=O) groups excluding carboxylic acids is 3. The normalized spacial score (nSPS) is 25.3. The Labute approximate surface area is 200 Å². The Morgan fingerprint density at radius 1 is 1.00 bits per heavy atom. The van der Waals surface area contributed by atoms with Crippen molar-refractivity contribution in [1.29, 1.82) is 0 Å². The number of rotatable bonds is 6. The molecule has 182 valence electrons. The maximum atomic E-state index is 13.4. The minimum Gasteiger partial charge on any atom is -0.546 e. The molecule has 0 aromatic heterocycles. The second-order valence-electron chi connectivity index (χ2n) is 11.1. The Balaban J connectivity index is 1.84. The van der Waals surface area contributed by atoms with Crippen molar-refractivity contribution < 1.29 is 29.0 Å². The van der Waals surface area contributed by atoms with Crippen LogP contribution in [0, 0.1) is 16.7 Å². The van der Waals surface area contributed by atoms with Crippen LogP contribution in [0.15, 0.2) is 34.5 Å². The molecule has 2 atom stereocenters. The maximum absolute atomic E-state index is 13.4. The summed E-state index contributed by atoms with van der Waals surface area (Å²) >= 11 is 0. The van der Waals surface area contributed by atoms with Gasteiger partial charge in [-0.3, -0.25) is 14.6 Å². The fourth-order valence-electron chi connectivity index (χ4n) is 5.61. The van der Waals surface area contributed by atoms with Crippen molar-refractivity contribution in [3.8, 4) is 11.5 Å². The van der Waals surface area contributed by atoms with E-state index in [4.69, 9.17) is 14.5 Å². The van der Waals surface area contributed by atoms with Gasteiger partial charge in [0.1, 0.15) is 12.4 Å². The maximum Gasteiger partial charge on any atom is 0.161 e. The molecule has 1 saturated carbocycles. The highest BCUT2D eigenvalue weighted by Crippen LogP contribution is 2.52. The van der Waals surface area contributed by atoms with Gasteiger partial charge in [-0.1, -0.05) is 33.8 Å². The van der Waals surface area contributed by atoms with Crippen molar-refractivity contribution >= 4 is 23.2 Å². The highest BCUT2D eigenvalue weighted by Gasteiger charge is 2.49. The summed E-state index contributed by atoms with van der Waals surface area (Å²) in [5.41, 5.74) is 2.68. The number of benzene rings is 1. The fourth-order valence-corrected chi connectivity index (χ4v) is 5.61. The monoisotopic (exact) mass is 466 g/mol. The number of carboxylic acids is 1.